The van der Waals surface area contributed by atoms with Crippen molar-refractivity contribution in [3.05, 3.63) is 22.4 Å². The predicted molar refractivity (Wildman–Crippen MR) is 87.2 cm³/mol. The van der Waals surface area contributed by atoms with Gasteiger partial charge in [-0.25, -0.2) is 4.79 Å². The zero-order chi connectivity index (χ0) is 16.9. The van der Waals surface area contributed by atoms with E-state index in [2.05, 4.69) is 10.6 Å². The van der Waals surface area contributed by atoms with Crippen molar-refractivity contribution in [2.75, 3.05) is 7.11 Å². The number of rotatable bonds is 5. The number of thiophene rings is 1. The average molecular weight is 338 g/mol. The van der Waals surface area contributed by atoms with Crippen molar-refractivity contribution in [1.29, 1.82) is 0 Å². The van der Waals surface area contributed by atoms with Crippen molar-refractivity contribution in [3.63, 3.8) is 0 Å². The summed E-state index contributed by atoms with van der Waals surface area (Å²) in [5.74, 6) is -1.08. The van der Waals surface area contributed by atoms with Gasteiger partial charge in [0.15, 0.2) is 0 Å². The summed E-state index contributed by atoms with van der Waals surface area (Å²) >= 11 is 1.31. The van der Waals surface area contributed by atoms with E-state index in [-0.39, 0.29) is 11.8 Å². The third-order valence-electron chi connectivity index (χ3n) is 4.13. The van der Waals surface area contributed by atoms with Crippen LogP contribution >= 0.6 is 11.3 Å². The molecule has 2 amide bonds. The fourth-order valence-electron chi connectivity index (χ4n) is 2.82. The summed E-state index contributed by atoms with van der Waals surface area (Å²) in [4.78, 5) is 37.1. The Balaban J connectivity index is 2.00. The highest BCUT2D eigenvalue weighted by Crippen LogP contribution is 2.29. The molecular formula is C16H22N2O4S. The molecule has 1 fully saturated rings. The van der Waals surface area contributed by atoms with E-state index in [1.165, 1.54) is 18.4 Å². The van der Waals surface area contributed by atoms with Crippen molar-refractivity contribution in [2.45, 2.75) is 50.6 Å². The van der Waals surface area contributed by atoms with Crippen LogP contribution in [-0.4, -0.2) is 36.5 Å². The lowest BCUT2D eigenvalue weighted by molar-refractivity contribution is -0.152. The van der Waals surface area contributed by atoms with Gasteiger partial charge in [-0.05, 0) is 31.2 Å². The summed E-state index contributed by atoms with van der Waals surface area (Å²) in [5.41, 5.74) is -0.966. The molecule has 126 valence electrons. The van der Waals surface area contributed by atoms with Crippen LogP contribution in [0.1, 0.15) is 48.7 Å². The van der Waals surface area contributed by atoms with Gasteiger partial charge in [0.2, 0.25) is 5.91 Å². The van der Waals surface area contributed by atoms with Crippen LogP contribution in [0, 0.1) is 0 Å². The molecule has 1 atom stereocenters. The Hall–Kier alpha value is -1.89. The van der Waals surface area contributed by atoms with Crippen LogP contribution in [0.5, 0.6) is 0 Å². The molecule has 1 aromatic heterocycles. The van der Waals surface area contributed by atoms with Gasteiger partial charge in [-0.2, -0.15) is 0 Å². The molecule has 1 saturated carbocycles. The molecule has 2 N–H and O–H groups in total. The largest absolute Gasteiger partial charge is 0.467 e. The zero-order valence-electron chi connectivity index (χ0n) is 13.4. The van der Waals surface area contributed by atoms with Gasteiger partial charge in [0.05, 0.1) is 12.0 Å². The summed E-state index contributed by atoms with van der Waals surface area (Å²) in [6.45, 7) is 1.61. The number of amides is 2. The number of carbonyl (C=O) groups is 3. The maximum absolute atomic E-state index is 12.4. The molecule has 1 aromatic rings. The van der Waals surface area contributed by atoms with E-state index >= 15 is 0 Å². The Morgan fingerprint density at radius 1 is 1.26 bits per heavy atom. The van der Waals surface area contributed by atoms with Gasteiger partial charge < -0.3 is 15.4 Å². The number of esters is 1. The smallest absolute Gasteiger partial charge is 0.331 e. The van der Waals surface area contributed by atoms with Crippen molar-refractivity contribution in [3.8, 4) is 0 Å². The van der Waals surface area contributed by atoms with E-state index in [9.17, 15) is 14.4 Å². The van der Waals surface area contributed by atoms with Gasteiger partial charge in [-0.1, -0.05) is 25.3 Å². The Labute approximate surface area is 139 Å². The molecule has 23 heavy (non-hydrogen) atoms. The predicted octanol–water partition coefficient (Wildman–Crippen LogP) is 1.86. The van der Waals surface area contributed by atoms with Gasteiger partial charge >= 0.3 is 5.97 Å². The summed E-state index contributed by atoms with van der Waals surface area (Å²) in [6.07, 6.45) is 3.91. The number of hydrogen-bond donors (Lipinski definition) is 2. The summed E-state index contributed by atoms with van der Waals surface area (Å²) in [5, 5.41) is 7.26. The Morgan fingerprint density at radius 2 is 1.96 bits per heavy atom. The second-order valence-electron chi connectivity index (χ2n) is 5.80. The fourth-order valence-corrected chi connectivity index (χ4v) is 3.44. The lowest BCUT2D eigenvalue weighted by Gasteiger charge is -2.36. The lowest BCUT2D eigenvalue weighted by Crippen LogP contribution is -2.59. The quantitative estimate of drug-likeness (QED) is 0.803. The number of hydrogen-bond acceptors (Lipinski definition) is 5. The molecule has 0 saturated heterocycles. The highest BCUT2D eigenvalue weighted by atomic mass is 32.1. The Morgan fingerprint density at radius 3 is 2.52 bits per heavy atom. The highest BCUT2D eigenvalue weighted by Gasteiger charge is 2.42. The fraction of sp³-hybridized carbons (Fsp3) is 0.562. The third-order valence-corrected chi connectivity index (χ3v) is 5.00. The number of methoxy groups -OCH3 is 1. The van der Waals surface area contributed by atoms with E-state index in [0.717, 1.165) is 19.3 Å². The Bertz CT molecular complexity index is 565. The van der Waals surface area contributed by atoms with Crippen molar-refractivity contribution in [1.82, 2.24) is 10.6 Å². The van der Waals surface area contributed by atoms with Crippen LogP contribution in [-0.2, 0) is 14.3 Å². The molecule has 6 nitrogen and oxygen atoms in total. The van der Waals surface area contributed by atoms with Crippen LogP contribution in [0.3, 0.4) is 0 Å². The van der Waals surface area contributed by atoms with Gasteiger partial charge in [0.1, 0.15) is 11.6 Å². The van der Waals surface area contributed by atoms with Crippen molar-refractivity contribution < 1.29 is 19.1 Å². The Kier molecular flexibility index (Phi) is 5.76. The first kappa shape index (κ1) is 17.5. The summed E-state index contributed by atoms with van der Waals surface area (Å²) in [6, 6.07) is 2.74. The minimum Gasteiger partial charge on any atom is -0.467 e. The van der Waals surface area contributed by atoms with E-state index in [4.69, 9.17) is 4.74 Å². The monoisotopic (exact) mass is 338 g/mol. The number of ether oxygens (including phenoxy) is 1. The lowest BCUT2D eigenvalue weighted by atomic mass is 9.81. The molecule has 2 rings (SSSR count). The first-order valence-electron chi connectivity index (χ1n) is 7.73. The van der Waals surface area contributed by atoms with Crippen LogP contribution < -0.4 is 10.6 Å². The second-order valence-corrected chi connectivity index (χ2v) is 6.74. The molecule has 7 heteroatoms. The molecule has 0 aromatic carbocycles. The molecular weight excluding hydrogens is 316 g/mol. The van der Waals surface area contributed by atoms with Gasteiger partial charge in [0, 0.05) is 0 Å². The van der Waals surface area contributed by atoms with Crippen molar-refractivity contribution >= 4 is 29.1 Å². The number of nitrogens with one attached hydrogen (secondary N) is 2. The molecule has 1 aliphatic rings. The van der Waals surface area contributed by atoms with E-state index < -0.39 is 17.6 Å². The van der Waals surface area contributed by atoms with Gasteiger partial charge in [0.25, 0.3) is 5.91 Å². The third kappa shape index (κ3) is 4.10. The van der Waals surface area contributed by atoms with Crippen LogP contribution in [0.15, 0.2) is 17.5 Å². The van der Waals surface area contributed by atoms with Crippen LogP contribution in [0.4, 0.5) is 0 Å². The molecule has 1 unspecified atom stereocenters. The van der Waals surface area contributed by atoms with E-state index in [0.29, 0.717) is 17.7 Å². The first-order chi connectivity index (χ1) is 11.0. The maximum atomic E-state index is 12.4. The standard InChI is InChI=1S/C16H22N2O4S/c1-11(17-14(20)12-7-6-10-23-12)13(19)18-16(15(21)22-2)8-4-3-5-9-16/h6-7,10-11H,3-5,8-9H2,1-2H3,(H,17,20)(H,18,19). The van der Waals surface area contributed by atoms with Gasteiger partial charge in [-0.3, -0.25) is 9.59 Å². The first-order valence-corrected chi connectivity index (χ1v) is 8.61. The van der Waals surface area contributed by atoms with Crippen LogP contribution in [0.25, 0.3) is 0 Å². The minimum absolute atomic E-state index is 0.293. The van der Waals surface area contributed by atoms with Gasteiger partial charge in [-0.15, -0.1) is 11.3 Å². The van der Waals surface area contributed by atoms with Crippen LogP contribution in [0.2, 0.25) is 0 Å². The van der Waals surface area contributed by atoms with E-state index in [1.54, 1.807) is 24.4 Å². The molecule has 1 heterocycles. The topological polar surface area (TPSA) is 84.5 Å². The molecule has 1 aliphatic carbocycles. The normalized spacial score (nSPS) is 17.8. The molecule has 0 bridgehead atoms. The van der Waals surface area contributed by atoms with Crippen molar-refractivity contribution in [2.24, 2.45) is 0 Å². The molecule has 0 radical (unpaired) electrons. The maximum Gasteiger partial charge on any atom is 0.331 e. The SMILES string of the molecule is COC(=O)C1(NC(=O)C(C)NC(=O)c2cccs2)CCCCC1. The summed E-state index contributed by atoms with van der Waals surface area (Å²) in [7, 11) is 1.33. The molecule has 0 spiro atoms. The zero-order valence-corrected chi connectivity index (χ0v) is 14.2. The minimum atomic E-state index is -0.966. The molecule has 0 aliphatic heterocycles. The number of carbonyl (C=O) groups excluding carboxylic acids is 3. The van der Waals surface area contributed by atoms with E-state index in [1.807, 2.05) is 0 Å². The average Bonchev–Trinajstić information content (AvgIpc) is 3.09. The second kappa shape index (κ2) is 7.59. The highest BCUT2D eigenvalue weighted by molar-refractivity contribution is 7.12. The summed E-state index contributed by atoms with van der Waals surface area (Å²) < 4.78 is 4.87.